The highest BCUT2D eigenvalue weighted by Crippen LogP contribution is 2.26. The lowest BCUT2D eigenvalue weighted by Gasteiger charge is -2.33. The number of hydrogen-bond donors (Lipinski definition) is 3. The van der Waals surface area contributed by atoms with Crippen LogP contribution in [0.3, 0.4) is 0 Å². The quantitative estimate of drug-likeness (QED) is 0.735. The van der Waals surface area contributed by atoms with E-state index in [0.717, 1.165) is 42.3 Å². The monoisotopic (exact) mass is 236 g/mol. The van der Waals surface area contributed by atoms with E-state index in [0.29, 0.717) is 6.04 Å². The van der Waals surface area contributed by atoms with Gasteiger partial charge in [0.15, 0.2) is 0 Å². The average Bonchev–Trinajstić information content (AvgIpc) is 2.29. The summed E-state index contributed by atoms with van der Waals surface area (Å²) in [4.78, 5) is 8.93. The van der Waals surface area contributed by atoms with E-state index in [1.54, 1.807) is 0 Å². The number of aliphatic hydroxyl groups excluding tert-OH is 1. The summed E-state index contributed by atoms with van der Waals surface area (Å²) in [7, 11) is 1.87. The number of aliphatic hydroxyl groups is 1. The van der Waals surface area contributed by atoms with Gasteiger partial charge in [0.1, 0.15) is 17.5 Å². The Kier molecular flexibility index (Phi) is 3.47. The fourth-order valence-corrected chi connectivity index (χ4v) is 2.00. The first-order chi connectivity index (χ1) is 8.13. The van der Waals surface area contributed by atoms with Crippen LogP contribution < -0.4 is 10.6 Å². The van der Waals surface area contributed by atoms with Crippen molar-refractivity contribution in [1.82, 2.24) is 9.97 Å². The molecule has 0 radical (unpaired) electrons. The second kappa shape index (κ2) is 4.87. The minimum absolute atomic E-state index is 0.149. The molecule has 1 aliphatic carbocycles. The summed E-state index contributed by atoms with van der Waals surface area (Å²) in [6.45, 7) is 4.05. The van der Waals surface area contributed by atoms with Crippen LogP contribution in [0.15, 0.2) is 0 Å². The van der Waals surface area contributed by atoms with Gasteiger partial charge in [0, 0.05) is 25.1 Å². The molecule has 1 aliphatic rings. The van der Waals surface area contributed by atoms with E-state index in [1.165, 1.54) is 0 Å². The molecule has 5 nitrogen and oxygen atoms in total. The number of aromatic nitrogens is 2. The first kappa shape index (κ1) is 12.1. The van der Waals surface area contributed by atoms with Crippen molar-refractivity contribution in [1.29, 1.82) is 0 Å². The first-order valence-corrected chi connectivity index (χ1v) is 6.13. The van der Waals surface area contributed by atoms with Gasteiger partial charge >= 0.3 is 0 Å². The summed E-state index contributed by atoms with van der Waals surface area (Å²) in [5, 5.41) is 15.7. The lowest BCUT2D eigenvalue weighted by Crippen LogP contribution is -2.39. The molecule has 17 heavy (non-hydrogen) atoms. The summed E-state index contributed by atoms with van der Waals surface area (Å²) < 4.78 is 0. The molecule has 0 bridgehead atoms. The maximum absolute atomic E-state index is 9.28. The predicted octanol–water partition coefficient (Wildman–Crippen LogP) is 1.32. The summed E-state index contributed by atoms with van der Waals surface area (Å²) >= 11 is 0. The maximum atomic E-state index is 9.28. The van der Waals surface area contributed by atoms with E-state index < -0.39 is 0 Å². The zero-order valence-corrected chi connectivity index (χ0v) is 10.6. The molecule has 94 valence electrons. The standard InChI is InChI=1S/C12H20N4O/c1-4-10-15-11(13-3)7(2)12(16-10)14-8-5-9(17)6-8/h8-9,17H,4-6H2,1-3H3,(H2,13,14,15,16). The number of nitrogens with zero attached hydrogens (tertiary/aromatic N) is 2. The van der Waals surface area contributed by atoms with Gasteiger partial charge in [-0.15, -0.1) is 0 Å². The van der Waals surface area contributed by atoms with Gasteiger partial charge in [0.2, 0.25) is 0 Å². The Morgan fingerprint density at radius 1 is 1.29 bits per heavy atom. The highest BCUT2D eigenvalue weighted by atomic mass is 16.3. The Balaban J connectivity index is 2.19. The molecule has 0 atom stereocenters. The van der Waals surface area contributed by atoms with Crippen molar-refractivity contribution < 1.29 is 5.11 Å². The van der Waals surface area contributed by atoms with Crippen LogP contribution in [0.4, 0.5) is 11.6 Å². The number of aryl methyl sites for hydroxylation is 1. The maximum Gasteiger partial charge on any atom is 0.134 e. The molecule has 2 rings (SSSR count). The molecular formula is C12H20N4O. The summed E-state index contributed by atoms with van der Waals surface area (Å²) in [6, 6.07) is 0.341. The third kappa shape index (κ3) is 2.49. The molecule has 0 saturated heterocycles. The summed E-state index contributed by atoms with van der Waals surface area (Å²) in [5.74, 6) is 2.60. The van der Waals surface area contributed by atoms with Crippen LogP contribution in [0.5, 0.6) is 0 Å². The lowest BCUT2D eigenvalue weighted by molar-refractivity contribution is 0.0835. The minimum atomic E-state index is -0.149. The smallest absolute Gasteiger partial charge is 0.134 e. The Morgan fingerprint density at radius 3 is 2.47 bits per heavy atom. The molecule has 1 heterocycles. The largest absolute Gasteiger partial charge is 0.393 e. The summed E-state index contributed by atoms with van der Waals surface area (Å²) in [6.07, 6.45) is 2.28. The third-order valence-corrected chi connectivity index (χ3v) is 3.20. The number of nitrogens with one attached hydrogen (secondary N) is 2. The van der Waals surface area contributed by atoms with E-state index >= 15 is 0 Å². The fraction of sp³-hybridized carbons (Fsp3) is 0.667. The molecular weight excluding hydrogens is 216 g/mol. The van der Waals surface area contributed by atoms with E-state index in [4.69, 9.17) is 0 Å². The van der Waals surface area contributed by atoms with Crippen molar-refractivity contribution in [3.05, 3.63) is 11.4 Å². The lowest BCUT2D eigenvalue weighted by atomic mass is 9.89. The van der Waals surface area contributed by atoms with Gasteiger partial charge in [-0.25, -0.2) is 9.97 Å². The van der Waals surface area contributed by atoms with Gasteiger partial charge in [-0.1, -0.05) is 6.92 Å². The first-order valence-electron chi connectivity index (χ1n) is 6.13. The molecule has 3 N–H and O–H groups in total. The van der Waals surface area contributed by atoms with E-state index in [9.17, 15) is 5.11 Å². The van der Waals surface area contributed by atoms with Gasteiger partial charge in [0.05, 0.1) is 6.10 Å². The Hall–Kier alpha value is -1.36. The second-order valence-electron chi connectivity index (χ2n) is 4.53. The van der Waals surface area contributed by atoms with Gasteiger partial charge in [-0.2, -0.15) is 0 Å². The second-order valence-corrected chi connectivity index (χ2v) is 4.53. The van der Waals surface area contributed by atoms with Crippen LogP contribution in [-0.4, -0.2) is 34.3 Å². The van der Waals surface area contributed by atoms with E-state index in [-0.39, 0.29) is 6.10 Å². The van der Waals surface area contributed by atoms with Crippen LogP contribution in [0, 0.1) is 6.92 Å². The Bertz CT molecular complexity index is 402. The number of hydrogen-bond acceptors (Lipinski definition) is 5. The van der Waals surface area contributed by atoms with Gasteiger partial charge < -0.3 is 15.7 Å². The van der Waals surface area contributed by atoms with Crippen LogP contribution in [0.25, 0.3) is 0 Å². The van der Waals surface area contributed by atoms with Gasteiger partial charge in [-0.3, -0.25) is 0 Å². The summed E-state index contributed by atoms with van der Waals surface area (Å²) in [5.41, 5.74) is 1.03. The van der Waals surface area contributed by atoms with E-state index in [2.05, 4.69) is 20.6 Å². The Labute approximate surface area is 102 Å². The molecule has 0 aromatic carbocycles. The van der Waals surface area contributed by atoms with Crippen LogP contribution >= 0.6 is 0 Å². The SMILES string of the molecule is CCc1nc(NC)c(C)c(NC2CC(O)C2)n1. The van der Waals surface area contributed by atoms with Gasteiger partial charge in [0.25, 0.3) is 0 Å². The van der Waals surface area contributed by atoms with Crippen LogP contribution in [0.2, 0.25) is 0 Å². The van der Waals surface area contributed by atoms with Crippen molar-refractivity contribution in [3.63, 3.8) is 0 Å². The highest BCUT2D eigenvalue weighted by molar-refractivity contribution is 5.57. The normalized spacial score (nSPS) is 23.1. The van der Waals surface area contributed by atoms with Crippen molar-refractivity contribution in [2.45, 2.75) is 45.3 Å². The number of anilines is 2. The molecule has 1 saturated carbocycles. The molecule has 5 heteroatoms. The fourth-order valence-electron chi connectivity index (χ4n) is 2.00. The van der Waals surface area contributed by atoms with Crippen LogP contribution in [-0.2, 0) is 6.42 Å². The van der Waals surface area contributed by atoms with Crippen LogP contribution in [0.1, 0.15) is 31.2 Å². The van der Waals surface area contributed by atoms with Crippen molar-refractivity contribution >= 4 is 11.6 Å². The molecule has 0 unspecified atom stereocenters. The molecule has 0 spiro atoms. The zero-order chi connectivity index (χ0) is 12.4. The molecule has 0 aliphatic heterocycles. The third-order valence-electron chi connectivity index (χ3n) is 3.20. The molecule has 0 amide bonds. The van der Waals surface area contributed by atoms with E-state index in [1.807, 2.05) is 20.9 Å². The molecule has 1 aromatic heterocycles. The zero-order valence-electron chi connectivity index (χ0n) is 10.6. The topological polar surface area (TPSA) is 70.1 Å². The predicted molar refractivity (Wildman–Crippen MR) is 68.3 cm³/mol. The minimum Gasteiger partial charge on any atom is -0.393 e. The highest BCUT2D eigenvalue weighted by Gasteiger charge is 2.28. The number of rotatable bonds is 4. The van der Waals surface area contributed by atoms with Crippen molar-refractivity contribution in [2.24, 2.45) is 0 Å². The molecule has 1 fully saturated rings. The van der Waals surface area contributed by atoms with Gasteiger partial charge in [-0.05, 0) is 19.8 Å². The Morgan fingerprint density at radius 2 is 1.94 bits per heavy atom. The van der Waals surface area contributed by atoms with Crippen molar-refractivity contribution in [3.8, 4) is 0 Å². The average molecular weight is 236 g/mol. The molecule has 1 aromatic rings. The van der Waals surface area contributed by atoms with Crippen molar-refractivity contribution in [2.75, 3.05) is 17.7 Å².